The third-order valence-electron chi connectivity index (χ3n) is 7.37. The summed E-state index contributed by atoms with van der Waals surface area (Å²) in [6.07, 6.45) is 3.41. The highest BCUT2D eigenvalue weighted by atomic mass is 19.1. The quantitative estimate of drug-likeness (QED) is 0.274. The van der Waals surface area contributed by atoms with Gasteiger partial charge in [-0.25, -0.2) is 18.6 Å². The Hall–Kier alpha value is -5.52. The molecule has 2 aromatic heterocycles. The van der Waals surface area contributed by atoms with E-state index < -0.39 is 28.6 Å². The summed E-state index contributed by atoms with van der Waals surface area (Å²) in [6, 6.07) is 11.8. The summed E-state index contributed by atoms with van der Waals surface area (Å²) in [4.78, 5) is 35.2. The maximum atomic E-state index is 15.9. The van der Waals surface area contributed by atoms with Gasteiger partial charge in [-0.15, -0.1) is 0 Å². The number of ether oxygens (including phenoxy) is 1. The third kappa shape index (κ3) is 4.42. The number of benzene rings is 3. The van der Waals surface area contributed by atoms with Crippen LogP contribution in [0.2, 0.25) is 0 Å². The number of methoxy groups -OCH3 is 1. The first-order valence-electron chi connectivity index (χ1n) is 12.9. The number of carboxylic acids is 1. The van der Waals surface area contributed by atoms with E-state index in [1.54, 1.807) is 12.3 Å². The first-order valence-corrected chi connectivity index (χ1v) is 12.9. The number of carbonyl (C=O) groups is 1. The Labute approximate surface area is 237 Å². The second-order valence-corrected chi connectivity index (χ2v) is 9.84. The molecule has 0 spiro atoms. The molecule has 0 saturated heterocycles. The highest BCUT2D eigenvalue weighted by Gasteiger charge is 2.26. The zero-order chi connectivity index (χ0) is 29.7. The Kier molecular flexibility index (Phi) is 6.45. The highest BCUT2D eigenvalue weighted by molar-refractivity contribution is 5.98. The molecule has 12 heteroatoms. The SMILES string of the molecule is COc1c(-c2ccc3c(c2)CCN3Cc2cnc(N)nc2N)c(F)cc2c(=O)c(C(=O)O)cn(-c3ccc(F)cc3)c12. The van der Waals surface area contributed by atoms with Gasteiger partial charge < -0.3 is 30.8 Å². The van der Waals surface area contributed by atoms with E-state index in [2.05, 4.69) is 14.9 Å². The van der Waals surface area contributed by atoms with Crippen LogP contribution in [0.1, 0.15) is 21.5 Å². The fourth-order valence-corrected chi connectivity index (χ4v) is 5.40. The van der Waals surface area contributed by atoms with Crippen LogP contribution in [-0.4, -0.2) is 39.3 Å². The number of hydrogen-bond acceptors (Lipinski definition) is 8. The summed E-state index contributed by atoms with van der Waals surface area (Å²) in [5, 5.41) is 9.49. The molecule has 0 amide bonds. The molecule has 0 aliphatic carbocycles. The fraction of sp³-hybridized carbons (Fsp3) is 0.133. The first-order chi connectivity index (χ1) is 20.2. The van der Waals surface area contributed by atoms with Crippen molar-refractivity contribution in [3.8, 4) is 22.6 Å². The fourth-order valence-electron chi connectivity index (χ4n) is 5.40. The smallest absolute Gasteiger partial charge is 0.341 e. The van der Waals surface area contributed by atoms with Gasteiger partial charge in [-0.2, -0.15) is 4.98 Å². The van der Waals surface area contributed by atoms with Gasteiger partial charge in [0.2, 0.25) is 11.4 Å². The summed E-state index contributed by atoms with van der Waals surface area (Å²) in [6.45, 7) is 1.14. The summed E-state index contributed by atoms with van der Waals surface area (Å²) in [7, 11) is 1.34. The number of nitrogens with two attached hydrogens (primary N) is 2. The van der Waals surface area contributed by atoms with Gasteiger partial charge >= 0.3 is 5.97 Å². The summed E-state index contributed by atoms with van der Waals surface area (Å²) in [5.74, 6) is -2.31. The molecule has 0 fully saturated rings. The average Bonchev–Trinajstić information content (AvgIpc) is 3.36. The van der Waals surface area contributed by atoms with E-state index in [-0.39, 0.29) is 28.2 Å². The minimum Gasteiger partial charge on any atom is -0.494 e. The number of halogens is 2. The van der Waals surface area contributed by atoms with E-state index in [1.807, 2.05) is 12.1 Å². The number of aromatic nitrogens is 3. The monoisotopic (exact) mass is 570 g/mol. The molecule has 6 rings (SSSR count). The van der Waals surface area contributed by atoms with Gasteiger partial charge in [-0.1, -0.05) is 6.07 Å². The predicted octanol–water partition coefficient (Wildman–Crippen LogP) is 4.16. The van der Waals surface area contributed by atoms with Gasteiger partial charge in [0.05, 0.1) is 18.1 Å². The summed E-state index contributed by atoms with van der Waals surface area (Å²) < 4.78 is 36.7. The van der Waals surface area contributed by atoms with Crippen molar-refractivity contribution in [3.63, 3.8) is 0 Å². The average molecular weight is 571 g/mol. The lowest BCUT2D eigenvalue weighted by Gasteiger charge is -2.21. The molecule has 1 aliphatic heterocycles. The molecule has 10 nitrogen and oxygen atoms in total. The second kappa shape index (κ2) is 10.1. The van der Waals surface area contributed by atoms with Crippen LogP contribution in [0, 0.1) is 11.6 Å². The molecular weight excluding hydrogens is 546 g/mol. The van der Waals surface area contributed by atoms with Crippen molar-refractivity contribution in [2.45, 2.75) is 13.0 Å². The number of aromatic carboxylic acids is 1. The maximum Gasteiger partial charge on any atom is 0.341 e. The molecule has 42 heavy (non-hydrogen) atoms. The van der Waals surface area contributed by atoms with Crippen molar-refractivity contribution in [1.82, 2.24) is 14.5 Å². The molecule has 0 saturated carbocycles. The van der Waals surface area contributed by atoms with E-state index in [0.29, 0.717) is 36.6 Å². The number of fused-ring (bicyclic) bond motifs is 2. The zero-order valence-corrected chi connectivity index (χ0v) is 22.3. The summed E-state index contributed by atoms with van der Waals surface area (Å²) in [5.41, 5.74) is 13.9. The van der Waals surface area contributed by atoms with Gasteiger partial charge in [-0.05, 0) is 60.0 Å². The Morgan fingerprint density at radius 1 is 1.12 bits per heavy atom. The largest absolute Gasteiger partial charge is 0.494 e. The van der Waals surface area contributed by atoms with E-state index in [1.165, 1.54) is 35.9 Å². The zero-order valence-electron chi connectivity index (χ0n) is 22.3. The van der Waals surface area contributed by atoms with Gasteiger partial charge in [0.15, 0.2) is 5.75 Å². The lowest BCUT2D eigenvalue weighted by molar-refractivity contribution is 0.0695. The van der Waals surface area contributed by atoms with Crippen LogP contribution in [0.25, 0.3) is 27.7 Å². The molecular formula is C30H24F2N6O4. The molecule has 1 aliphatic rings. The Morgan fingerprint density at radius 2 is 1.88 bits per heavy atom. The molecule has 5 N–H and O–H groups in total. The van der Waals surface area contributed by atoms with Crippen LogP contribution >= 0.6 is 0 Å². The minimum atomic E-state index is -1.48. The number of nitrogens with zero attached hydrogens (tertiary/aromatic N) is 4. The predicted molar refractivity (Wildman–Crippen MR) is 154 cm³/mol. The van der Waals surface area contributed by atoms with Crippen LogP contribution < -0.4 is 26.5 Å². The van der Waals surface area contributed by atoms with E-state index in [0.717, 1.165) is 29.1 Å². The number of pyridine rings is 1. The van der Waals surface area contributed by atoms with Crippen molar-refractivity contribution < 1.29 is 23.4 Å². The van der Waals surface area contributed by atoms with Crippen molar-refractivity contribution in [1.29, 1.82) is 0 Å². The van der Waals surface area contributed by atoms with Gasteiger partial charge in [0.1, 0.15) is 28.5 Å². The number of rotatable bonds is 6. The number of carboxylic acid groups (broad SMARTS) is 1. The molecule has 0 radical (unpaired) electrons. The number of hydrogen-bond donors (Lipinski definition) is 3. The molecule has 3 aromatic carbocycles. The highest BCUT2D eigenvalue weighted by Crippen LogP contribution is 2.42. The van der Waals surface area contributed by atoms with E-state index in [4.69, 9.17) is 16.2 Å². The first kappa shape index (κ1) is 26.7. The van der Waals surface area contributed by atoms with Crippen LogP contribution in [0.3, 0.4) is 0 Å². The standard InChI is InChI=1S/C30H24F2N6O4/c1-42-27-24(16-2-7-23-15(10-16)8-9-37(23)13-17-12-35-30(34)36-28(17)33)22(32)11-20-25(27)38(14-21(26(20)39)29(40)41)19-5-3-18(31)4-6-19/h2-7,10-12,14H,8-9,13H2,1H3,(H,40,41)(H4,33,34,35,36). The number of anilines is 3. The van der Waals surface area contributed by atoms with Crippen molar-refractivity contribution >= 4 is 34.3 Å². The maximum absolute atomic E-state index is 15.9. The van der Waals surface area contributed by atoms with Crippen LogP contribution in [0.5, 0.6) is 5.75 Å². The molecule has 0 atom stereocenters. The third-order valence-corrected chi connectivity index (χ3v) is 7.37. The van der Waals surface area contributed by atoms with Crippen LogP contribution in [-0.2, 0) is 13.0 Å². The number of nitrogen functional groups attached to an aromatic ring is 2. The van der Waals surface area contributed by atoms with Crippen molar-refractivity contribution in [3.05, 3.63) is 99.5 Å². The van der Waals surface area contributed by atoms with Crippen LogP contribution in [0.4, 0.5) is 26.2 Å². The van der Waals surface area contributed by atoms with E-state index >= 15 is 4.39 Å². The van der Waals surface area contributed by atoms with Crippen molar-refractivity contribution in [2.75, 3.05) is 30.0 Å². The summed E-state index contributed by atoms with van der Waals surface area (Å²) >= 11 is 0. The van der Waals surface area contributed by atoms with Crippen LogP contribution in [0.15, 0.2) is 65.7 Å². The van der Waals surface area contributed by atoms with Gasteiger partial charge in [0.25, 0.3) is 0 Å². The van der Waals surface area contributed by atoms with Gasteiger partial charge in [0, 0.05) is 42.4 Å². The Morgan fingerprint density at radius 3 is 2.57 bits per heavy atom. The molecule has 212 valence electrons. The minimum absolute atomic E-state index is 0.0324. The second-order valence-electron chi connectivity index (χ2n) is 9.84. The lowest BCUT2D eigenvalue weighted by atomic mass is 9.97. The molecule has 0 bridgehead atoms. The van der Waals surface area contributed by atoms with Crippen molar-refractivity contribution in [2.24, 2.45) is 0 Å². The van der Waals surface area contributed by atoms with E-state index in [9.17, 15) is 19.1 Å². The molecule has 0 unspecified atom stereocenters. The Bertz CT molecular complexity index is 1960. The Balaban J connectivity index is 1.51. The van der Waals surface area contributed by atoms with Gasteiger partial charge in [-0.3, -0.25) is 4.79 Å². The normalized spacial score (nSPS) is 12.5. The topological polar surface area (TPSA) is 150 Å². The molecule has 5 aromatic rings. The molecule has 3 heterocycles. The lowest BCUT2D eigenvalue weighted by Crippen LogP contribution is -2.21.